The Bertz CT molecular complexity index is 782. The number of alkyl carbamates (subject to hydrolysis) is 1. The van der Waals surface area contributed by atoms with Crippen LogP contribution in [0.5, 0.6) is 5.75 Å². The molecule has 1 aromatic carbocycles. The highest BCUT2D eigenvalue weighted by molar-refractivity contribution is 5.90. The fourth-order valence-electron chi connectivity index (χ4n) is 2.37. The van der Waals surface area contributed by atoms with Crippen molar-refractivity contribution in [1.29, 1.82) is 0 Å². The topological polar surface area (TPSA) is 97.4 Å². The van der Waals surface area contributed by atoms with Crippen LogP contribution in [-0.4, -0.2) is 56.5 Å². The number of hydrogen-bond donors (Lipinski definition) is 1. The molecule has 31 heavy (non-hydrogen) atoms. The van der Waals surface area contributed by atoms with Crippen molar-refractivity contribution >= 4 is 30.0 Å². The van der Waals surface area contributed by atoms with Gasteiger partial charge in [0, 0.05) is 19.8 Å². The summed E-state index contributed by atoms with van der Waals surface area (Å²) in [7, 11) is 3.16. The van der Waals surface area contributed by atoms with E-state index < -0.39 is 23.4 Å². The lowest BCUT2D eigenvalue weighted by molar-refractivity contribution is -0.107. The van der Waals surface area contributed by atoms with Crippen LogP contribution < -0.4 is 19.9 Å². The van der Waals surface area contributed by atoms with E-state index in [1.807, 2.05) is 0 Å². The molecule has 9 heteroatoms. The average molecular weight is 438 g/mol. The molecule has 0 aliphatic carbocycles. The number of anilines is 2. The Hall–Kier alpha value is -2.97. The first kappa shape index (κ1) is 26.1. The van der Waals surface area contributed by atoms with E-state index >= 15 is 0 Å². The Morgan fingerprint density at radius 1 is 1.06 bits per heavy atom. The molecule has 9 nitrogen and oxygen atoms in total. The Kier molecular flexibility index (Phi) is 8.72. The number of carbonyl (C=O) groups is 3. The molecular weight excluding hydrogens is 402 g/mol. The zero-order valence-electron chi connectivity index (χ0n) is 19.9. The Morgan fingerprint density at radius 3 is 2.16 bits per heavy atom. The Labute approximate surface area is 184 Å². The largest absolute Gasteiger partial charge is 0.489 e. The monoisotopic (exact) mass is 437 g/mol. The van der Waals surface area contributed by atoms with Gasteiger partial charge < -0.3 is 24.4 Å². The van der Waals surface area contributed by atoms with Gasteiger partial charge in [-0.2, -0.15) is 0 Å². The van der Waals surface area contributed by atoms with Crippen LogP contribution in [0.25, 0.3) is 0 Å². The molecule has 0 aromatic heterocycles. The molecule has 1 rings (SSSR count). The first-order chi connectivity index (χ1) is 14.1. The molecule has 0 heterocycles. The maximum atomic E-state index is 12.3. The Balaban J connectivity index is 2.93. The zero-order valence-corrected chi connectivity index (χ0v) is 19.9. The van der Waals surface area contributed by atoms with Gasteiger partial charge in [-0.05, 0) is 66.7 Å². The summed E-state index contributed by atoms with van der Waals surface area (Å²) in [4.78, 5) is 38.3. The maximum Gasteiger partial charge on any atom is 0.414 e. The van der Waals surface area contributed by atoms with Gasteiger partial charge in [0.2, 0.25) is 6.41 Å². The van der Waals surface area contributed by atoms with Crippen molar-refractivity contribution in [2.75, 3.05) is 30.5 Å². The normalized spacial score (nSPS) is 12.4. The van der Waals surface area contributed by atoms with Crippen molar-refractivity contribution in [3.05, 3.63) is 18.2 Å². The molecule has 174 valence electrons. The lowest BCUT2D eigenvalue weighted by Crippen LogP contribution is -2.40. The van der Waals surface area contributed by atoms with E-state index in [0.717, 1.165) is 0 Å². The first-order valence-corrected chi connectivity index (χ1v) is 10.0. The molecule has 1 aromatic rings. The maximum absolute atomic E-state index is 12.3. The number of carbonyl (C=O) groups excluding carboxylic acids is 3. The van der Waals surface area contributed by atoms with E-state index in [1.165, 1.54) is 9.80 Å². The van der Waals surface area contributed by atoms with Crippen LogP contribution in [0.4, 0.5) is 21.0 Å². The van der Waals surface area contributed by atoms with Gasteiger partial charge in [-0.1, -0.05) is 0 Å². The van der Waals surface area contributed by atoms with Gasteiger partial charge in [-0.3, -0.25) is 9.69 Å². The number of amides is 3. The molecule has 0 aliphatic heterocycles. The lowest BCUT2D eigenvalue weighted by Gasteiger charge is -2.26. The summed E-state index contributed by atoms with van der Waals surface area (Å²) in [5.74, 6) is 0.425. The summed E-state index contributed by atoms with van der Waals surface area (Å²) >= 11 is 0. The Morgan fingerprint density at radius 2 is 1.65 bits per heavy atom. The number of nitrogens with zero attached hydrogens (tertiary/aromatic N) is 2. The van der Waals surface area contributed by atoms with Crippen molar-refractivity contribution < 1.29 is 28.6 Å². The molecule has 0 radical (unpaired) electrons. The van der Waals surface area contributed by atoms with Crippen LogP contribution in [-0.2, 0) is 14.3 Å². The number of ether oxygens (including phenoxy) is 3. The minimum absolute atomic E-state index is 0.153. The molecule has 0 spiro atoms. The molecule has 0 saturated carbocycles. The van der Waals surface area contributed by atoms with E-state index in [4.69, 9.17) is 14.2 Å². The molecule has 0 unspecified atom stereocenters. The van der Waals surface area contributed by atoms with Gasteiger partial charge in [-0.15, -0.1) is 0 Å². The van der Waals surface area contributed by atoms with Crippen LogP contribution >= 0.6 is 0 Å². The smallest absolute Gasteiger partial charge is 0.414 e. The molecule has 1 atom stereocenters. The third kappa shape index (κ3) is 9.15. The van der Waals surface area contributed by atoms with Crippen LogP contribution in [0.15, 0.2) is 18.2 Å². The van der Waals surface area contributed by atoms with Gasteiger partial charge >= 0.3 is 12.2 Å². The van der Waals surface area contributed by atoms with Crippen molar-refractivity contribution in [2.45, 2.75) is 65.7 Å². The van der Waals surface area contributed by atoms with Crippen LogP contribution in [0.1, 0.15) is 48.5 Å². The number of nitrogens with one attached hydrogen (secondary N) is 1. The molecule has 0 bridgehead atoms. The second-order valence-electron chi connectivity index (χ2n) is 9.27. The van der Waals surface area contributed by atoms with E-state index in [-0.39, 0.29) is 12.6 Å². The van der Waals surface area contributed by atoms with Crippen molar-refractivity contribution in [1.82, 2.24) is 5.32 Å². The highest BCUT2D eigenvalue weighted by Gasteiger charge is 2.22. The van der Waals surface area contributed by atoms with Gasteiger partial charge in [0.25, 0.3) is 0 Å². The van der Waals surface area contributed by atoms with Crippen LogP contribution in [0.3, 0.4) is 0 Å². The average Bonchev–Trinajstić information content (AvgIpc) is 2.61. The van der Waals surface area contributed by atoms with Crippen molar-refractivity contribution in [2.24, 2.45) is 0 Å². The van der Waals surface area contributed by atoms with Crippen LogP contribution in [0, 0.1) is 0 Å². The minimum atomic E-state index is -0.631. The number of benzene rings is 1. The molecular formula is C22H35N3O6. The summed E-state index contributed by atoms with van der Waals surface area (Å²) in [6, 6.07) is 4.66. The zero-order chi connectivity index (χ0) is 24.0. The quantitative estimate of drug-likeness (QED) is 0.649. The van der Waals surface area contributed by atoms with E-state index in [0.29, 0.717) is 23.5 Å². The molecule has 0 fully saturated rings. The molecule has 0 aliphatic rings. The van der Waals surface area contributed by atoms with Crippen molar-refractivity contribution in [3.63, 3.8) is 0 Å². The van der Waals surface area contributed by atoms with Gasteiger partial charge in [0.15, 0.2) is 0 Å². The minimum Gasteiger partial charge on any atom is -0.489 e. The molecule has 0 saturated heterocycles. The molecule has 1 N–H and O–H groups in total. The predicted molar refractivity (Wildman–Crippen MR) is 120 cm³/mol. The summed E-state index contributed by atoms with van der Waals surface area (Å²) in [6.07, 6.45) is -0.416. The standard InChI is InChI=1S/C22H35N3O6/c1-15(23-19(27)30-21(2,3)4)13-29-18-11-10-16(12-17(18)24(8)14-26)25(9)20(28)31-22(5,6)7/h10-12,14-15H,13H2,1-9H3,(H,23,27)/t15-/m1/s1. The van der Waals surface area contributed by atoms with Gasteiger partial charge in [-0.25, -0.2) is 9.59 Å². The van der Waals surface area contributed by atoms with Gasteiger partial charge in [0.05, 0.1) is 11.7 Å². The number of hydrogen-bond acceptors (Lipinski definition) is 6. The third-order valence-electron chi connectivity index (χ3n) is 3.79. The van der Waals surface area contributed by atoms with E-state index in [9.17, 15) is 14.4 Å². The summed E-state index contributed by atoms with van der Waals surface area (Å²) in [5.41, 5.74) is -0.230. The highest BCUT2D eigenvalue weighted by Crippen LogP contribution is 2.32. The SMILES string of the molecule is C[C@H](COc1ccc(N(C)C(=O)OC(C)(C)C)cc1N(C)C=O)NC(=O)OC(C)(C)C. The second-order valence-corrected chi connectivity index (χ2v) is 9.27. The highest BCUT2D eigenvalue weighted by atomic mass is 16.6. The number of rotatable bonds is 7. The summed E-state index contributed by atoms with van der Waals surface area (Å²) in [5, 5.41) is 2.70. The van der Waals surface area contributed by atoms with E-state index in [1.54, 1.807) is 80.8 Å². The predicted octanol–water partition coefficient (Wildman–Crippen LogP) is 3.94. The fraction of sp³-hybridized carbons (Fsp3) is 0.591. The summed E-state index contributed by atoms with van der Waals surface area (Å²) in [6.45, 7) is 12.6. The molecule has 3 amide bonds. The third-order valence-corrected chi connectivity index (χ3v) is 3.79. The van der Waals surface area contributed by atoms with E-state index in [2.05, 4.69) is 5.32 Å². The summed E-state index contributed by atoms with van der Waals surface area (Å²) < 4.78 is 16.4. The van der Waals surface area contributed by atoms with Crippen molar-refractivity contribution in [3.8, 4) is 5.75 Å². The van der Waals surface area contributed by atoms with Gasteiger partial charge in [0.1, 0.15) is 23.6 Å². The lowest BCUT2D eigenvalue weighted by atomic mass is 10.2. The first-order valence-electron chi connectivity index (χ1n) is 10.0. The van der Waals surface area contributed by atoms with Crippen LogP contribution in [0.2, 0.25) is 0 Å². The fourth-order valence-corrected chi connectivity index (χ4v) is 2.37. The second kappa shape index (κ2) is 10.4.